The Labute approximate surface area is 121 Å². The molecule has 0 radical (unpaired) electrons. The lowest BCUT2D eigenvalue weighted by molar-refractivity contribution is 0.194. The highest BCUT2D eigenvalue weighted by Crippen LogP contribution is 2.23. The monoisotopic (exact) mass is 284 g/mol. The molecule has 4 heteroatoms. The Kier molecular flexibility index (Phi) is 9.05. The average molecular weight is 284 g/mol. The summed E-state index contributed by atoms with van der Waals surface area (Å²) in [6, 6.07) is 0.399. The second-order valence-electron chi connectivity index (χ2n) is 5.03. The summed E-state index contributed by atoms with van der Waals surface area (Å²) in [6.07, 6.45) is 7.82. The highest BCUT2D eigenvalue weighted by Gasteiger charge is 2.13. The predicted octanol–water partition coefficient (Wildman–Crippen LogP) is 4.09. The zero-order valence-electron chi connectivity index (χ0n) is 12.6. The Bertz CT molecular complexity index is 328. The van der Waals surface area contributed by atoms with Crippen molar-refractivity contribution in [3.8, 4) is 0 Å². The molecule has 0 saturated carbocycles. The van der Waals surface area contributed by atoms with Crippen LogP contribution < -0.4 is 5.32 Å². The fraction of sp³-hybridized carbons (Fsp3) is 0.800. The highest BCUT2D eigenvalue weighted by atomic mass is 32.1. The summed E-state index contributed by atoms with van der Waals surface area (Å²) < 4.78 is 5.11. The van der Waals surface area contributed by atoms with Gasteiger partial charge in [-0.25, -0.2) is 4.98 Å². The third kappa shape index (κ3) is 7.04. The number of methoxy groups -OCH3 is 1. The van der Waals surface area contributed by atoms with Crippen molar-refractivity contribution >= 4 is 11.3 Å². The fourth-order valence-corrected chi connectivity index (χ4v) is 3.04. The van der Waals surface area contributed by atoms with Gasteiger partial charge in [0.25, 0.3) is 0 Å². The van der Waals surface area contributed by atoms with Gasteiger partial charge in [-0.3, -0.25) is 0 Å². The quantitative estimate of drug-likeness (QED) is 0.621. The first-order valence-corrected chi connectivity index (χ1v) is 8.30. The average Bonchev–Trinajstić information content (AvgIpc) is 2.83. The molecule has 1 unspecified atom stereocenters. The number of nitrogens with one attached hydrogen (secondary N) is 1. The molecule has 0 fully saturated rings. The maximum Gasteiger partial charge on any atom is 0.110 e. The van der Waals surface area contributed by atoms with E-state index in [1.54, 1.807) is 18.4 Å². The maximum atomic E-state index is 5.11. The van der Waals surface area contributed by atoms with Gasteiger partial charge in [0.05, 0.1) is 12.6 Å². The van der Waals surface area contributed by atoms with Gasteiger partial charge in [-0.05, 0) is 13.3 Å². The number of rotatable bonds is 11. The molecule has 0 spiro atoms. The number of thiazole rings is 1. The normalized spacial score (nSPS) is 12.8. The van der Waals surface area contributed by atoms with Gasteiger partial charge in [-0.1, -0.05) is 39.0 Å². The Morgan fingerprint density at radius 2 is 2.11 bits per heavy atom. The van der Waals surface area contributed by atoms with Gasteiger partial charge in [-0.2, -0.15) is 0 Å². The van der Waals surface area contributed by atoms with Crippen molar-refractivity contribution in [2.75, 3.05) is 20.3 Å². The summed E-state index contributed by atoms with van der Waals surface area (Å²) in [5.41, 5.74) is 1.13. The predicted molar refractivity (Wildman–Crippen MR) is 82.8 cm³/mol. The van der Waals surface area contributed by atoms with E-state index in [2.05, 4.69) is 29.5 Å². The standard InChI is InChI=1S/C15H28N2OS/c1-4-5-6-7-8-9-14(16-10-11-18-3)15-17-13(2)12-19-15/h12,14,16H,4-11H2,1-3H3. The van der Waals surface area contributed by atoms with Crippen molar-refractivity contribution in [1.29, 1.82) is 0 Å². The van der Waals surface area contributed by atoms with E-state index >= 15 is 0 Å². The lowest BCUT2D eigenvalue weighted by atomic mass is 10.1. The Morgan fingerprint density at radius 3 is 2.74 bits per heavy atom. The first-order chi connectivity index (χ1) is 9.27. The van der Waals surface area contributed by atoms with Crippen LogP contribution in [-0.2, 0) is 4.74 Å². The molecule has 19 heavy (non-hydrogen) atoms. The summed E-state index contributed by atoms with van der Waals surface area (Å²) in [6.45, 7) is 5.98. The van der Waals surface area contributed by atoms with Gasteiger partial charge in [0, 0.05) is 24.7 Å². The van der Waals surface area contributed by atoms with Crippen LogP contribution in [0.2, 0.25) is 0 Å². The second-order valence-corrected chi connectivity index (χ2v) is 5.92. The molecule has 0 aromatic carbocycles. The summed E-state index contributed by atoms with van der Waals surface area (Å²) in [4.78, 5) is 4.62. The minimum absolute atomic E-state index is 0.399. The molecule has 0 amide bonds. The van der Waals surface area contributed by atoms with E-state index in [4.69, 9.17) is 4.74 Å². The smallest absolute Gasteiger partial charge is 0.110 e. The van der Waals surface area contributed by atoms with Crippen LogP contribution in [0.5, 0.6) is 0 Å². The van der Waals surface area contributed by atoms with Gasteiger partial charge < -0.3 is 10.1 Å². The minimum atomic E-state index is 0.399. The third-order valence-electron chi connectivity index (χ3n) is 3.23. The van der Waals surface area contributed by atoms with E-state index in [1.165, 1.54) is 43.5 Å². The van der Waals surface area contributed by atoms with Crippen molar-refractivity contribution < 1.29 is 4.74 Å². The molecular weight excluding hydrogens is 256 g/mol. The number of ether oxygens (including phenoxy) is 1. The van der Waals surface area contributed by atoms with E-state index in [0.717, 1.165) is 18.8 Å². The van der Waals surface area contributed by atoms with Crippen LogP contribution in [0.15, 0.2) is 5.38 Å². The Morgan fingerprint density at radius 1 is 1.32 bits per heavy atom. The van der Waals surface area contributed by atoms with Crippen LogP contribution in [0.3, 0.4) is 0 Å². The Hall–Kier alpha value is -0.450. The molecule has 0 aliphatic heterocycles. The minimum Gasteiger partial charge on any atom is -0.383 e. The SMILES string of the molecule is CCCCCCCC(NCCOC)c1nc(C)cs1. The third-order valence-corrected chi connectivity index (χ3v) is 4.30. The van der Waals surface area contributed by atoms with Crippen molar-refractivity contribution in [2.24, 2.45) is 0 Å². The number of nitrogens with zero attached hydrogens (tertiary/aromatic N) is 1. The van der Waals surface area contributed by atoms with Crippen molar-refractivity contribution in [3.05, 3.63) is 16.1 Å². The molecule has 3 nitrogen and oxygen atoms in total. The second kappa shape index (κ2) is 10.4. The number of aryl methyl sites for hydroxylation is 1. The van der Waals surface area contributed by atoms with Crippen LogP contribution in [0.4, 0.5) is 0 Å². The maximum absolute atomic E-state index is 5.11. The number of unbranched alkanes of at least 4 members (excludes halogenated alkanes) is 4. The summed E-state index contributed by atoms with van der Waals surface area (Å²) >= 11 is 1.77. The lowest BCUT2D eigenvalue weighted by Gasteiger charge is -2.16. The molecule has 1 heterocycles. The van der Waals surface area contributed by atoms with Gasteiger partial charge in [-0.15, -0.1) is 11.3 Å². The van der Waals surface area contributed by atoms with Crippen molar-refractivity contribution in [1.82, 2.24) is 10.3 Å². The van der Waals surface area contributed by atoms with Gasteiger partial charge in [0.15, 0.2) is 0 Å². The van der Waals surface area contributed by atoms with E-state index in [0.29, 0.717) is 6.04 Å². The molecule has 1 N–H and O–H groups in total. The molecule has 0 aliphatic rings. The molecule has 1 aromatic heterocycles. The largest absolute Gasteiger partial charge is 0.383 e. The number of hydrogen-bond donors (Lipinski definition) is 1. The van der Waals surface area contributed by atoms with Gasteiger partial charge in [0.1, 0.15) is 5.01 Å². The number of hydrogen-bond acceptors (Lipinski definition) is 4. The molecule has 0 saturated heterocycles. The molecule has 1 rings (SSSR count). The summed E-state index contributed by atoms with van der Waals surface area (Å²) in [5, 5.41) is 6.93. The van der Waals surface area contributed by atoms with Crippen LogP contribution in [0.1, 0.15) is 62.2 Å². The lowest BCUT2D eigenvalue weighted by Crippen LogP contribution is -2.25. The van der Waals surface area contributed by atoms with E-state index < -0.39 is 0 Å². The molecule has 1 atom stereocenters. The molecule has 0 bridgehead atoms. The van der Waals surface area contributed by atoms with E-state index in [9.17, 15) is 0 Å². The molecular formula is C15H28N2OS. The highest BCUT2D eigenvalue weighted by molar-refractivity contribution is 7.09. The zero-order valence-corrected chi connectivity index (χ0v) is 13.4. The van der Waals surface area contributed by atoms with E-state index in [-0.39, 0.29) is 0 Å². The first kappa shape index (κ1) is 16.6. The van der Waals surface area contributed by atoms with Crippen LogP contribution >= 0.6 is 11.3 Å². The Balaban J connectivity index is 2.36. The molecule has 110 valence electrons. The van der Waals surface area contributed by atoms with Crippen molar-refractivity contribution in [3.63, 3.8) is 0 Å². The number of aromatic nitrogens is 1. The summed E-state index contributed by atoms with van der Waals surface area (Å²) in [5.74, 6) is 0. The molecule has 0 aliphatic carbocycles. The molecule has 1 aromatic rings. The van der Waals surface area contributed by atoms with Gasteiger partial charge in [0.2, 0.25) is 0 Å². The van der Waals surface area contributed by atoms with Crippen LogP contribution in [0.25, 0.3) is 0 Å². The summed E-state index contributed by atoms with van der Waals surface area (Å²) in [7, 11) is 1.75. The van der Waals surface area contributed by atoms with Crippen LogP contribution in [0, 0.1) is 6.92 Å². The van der Waals surface area contributed by atoms with Crippen LogP contribution in [-0.4, -0.2) is 25.2 Å². The zero-order chi connectivity index (χ0) is 13.9. The van der Waals surface area contributed by atoms with Gasteiger partial charge >= 0.3 is 0 Å². The fourth-order valence-electron chi connectivity index (χ4n) is 2.13. The van der Waals surface area contributed by atoms with E-state index in [1.807, 2.05) is 0 Å². The van der Waals surface area contributed by atoms with Crippen molar-refractivity contribution in [2.45, 2.75) is 58.4 Å². The first-order valence-electron chi connectivity index (χ1n) is 7.42. The topological polar surface area (TPSA) is 34.1 Å².